The summed E-state index contributed by atoms with van der Waals surface area (Å²) in [4.78, 5) is 0. The van der Waals surface area contributed by atoms with Gasteiger partial charge in [0.2, 0.25) is 0 Å². The molecule has 0 rings (SSSR count). The van der Waals surface area contributed by atoms with Crippen LogP contribution in [0.4, 0.5) is 22.0 Å². The summed E-state index contributed by atoms with van der Waals surface area (Å²) in [6.45, 7) is 0.795. The van der Waals surface area contributed by atoms with E-state index >= 15 is 0 Å². The van der Waals surface area contributed by atoms with Crippen molar-refractivity contribution in [3.8, 4) is 0 Å². The van der Waals surface area contributed by atoms with Crippen molar-refractivity contribution in [1.29, 1.82) is 0 Å². The second kappa shape index (κ2) is 6.83. The molecule has 1 N–H and O–H groups in total. The van der Waals surface area contributed by atoms with Gasteiger partial charge in [0.15, 0.2) is 0 Å². The summed E-state index contributed by atoms with van der Waals surface area (Å²) in [6, 6.07) is 0. The number of allylic oxidation sites excluding steroid dienone is 2. The molecule has 6 heteroatoms. The fourth-order valence-corrected chi connectivity index (χ4v) is 1.04. The average Bonchev–Trinajstić information content (AvgIpc) is 2.14. The molecule has 0 aliphatic heterocycles. The highest BCUT2D eigenvalue weighted by Crippen LogP contribution is 2.38. The molecule has 0 heterocycles. The van der Waals surface area contributed by atoms with Gasteiger partial charge in [-0.05, 0) is 32.9 Å². The molecule has 0 saturated heterocycles. The van der Waals surface area contributed by atoms with Gasteiger partial charge < -0.3 is 5.32 Å². The Morgan fingerprint density at radius 2 is 1.56 bits per heavy atom. The number of nitrogens with one attached hydrogen (secondary N) is 1. The smallest absolute Gasteiger partial charge is 0.320 e. The molecule has 0 atom stereocenters. The fraction of sp³-hybridized carbons (Fsp3) is 0.800. The standard InChI is InChI=1S/C10H16F5N/c1-16-8-6-4-2-3-5-7-9(11,12)10(13,14)15/h2-3,16H,4-8H2,1H3/b3-2-. The first-order valence-corrected chi connectivity index (χ1v) is 5.05. The molecule has 0 amide bonds. The molecule has 0 aromatic rings. The first kappa shape index (κ1) is 15.3. The maximum absolute atomic E-state index is 12.4. The van der Waals surface area contributed by atoms with E-state index in [1.807, 2.05) is 0 Å². The third kappa shape index (κ3) is 6.05. The fourth-order valence-electron chi connectivity index (χ4n) is 1.04. The zero-order valence-electron chi connectivity index (χ0n) is 9.08. The van der Waals surface area contributed by atoms with E-state index in [1.165, 1.54) is 6.08 Å². The quantitative estimate of drug-likeness (QED) is 0.411. The summed E-state index contributed by atoms with van der Waals surface area (Å²) in [5.41, 5.74) is 0. The topological polar surface area (TPSA) is 12.0 Å². The lowest BCUT2D eigenvalue weighted by atomic mass is 10.1. The highest BCUT2D eigenvalue weighted by atomic mass is 19.4. The van der Waals surface area contributed by atoms with Crippen LogP contribution in [0.3, 0.4) is 0 Å². The monoisotopic (exact) mass is 245 g/mol. The van der Waals surface area contributed by atoms with E-state index < -0.39 is 18.5 Å². The number of alkyl halides is 5. The number of hydrogen-bond donors (Lipinski definition) is 1. The van der Waals surface area contributed by atoms with Gasteiger partial charge in [0.25, 0.3) is 0 Å². The van der Waals surface area contributed by atoms with Crippen LogP contribution < -0.4 is 5.32 Å². The zero-order valence-corrected chi connectivity index (χ0v) is 9.08. The minimum atomic E-state index is -5.44. The minimum Gasteiger partial charge on any atom is -0.320 e. The Morgan fingerprint density at radius 1 is 1.00 bits per heavy atom. The van der Waals surface area contributed by atoms with E-state index in [0.29, 0.717) is 6.42 Å². The molecule has 16 heavy (non-hydrogen) atoms. The Labute approximate surface area is 91.7 Å². The highest BCUT2D eigenvalue weighted by Gasteiger charge is 2.56. The van der Waals surface area contributed by atoms with Gasteiger partial charge in [0, 0.05) is 6.42 Å². The number of hydrogen-bond acceptors (Lipinski definition) is 1. The molecule has 0 fully saturated rings. The van der Waals surface area contributed by atoms with E-state index in [9.17, 15) is 22.0 Å². The highest BCUT2D eigenvalue weighted by molar-refractivity contribution is 4.86. The minimum absolute atomic E-state index is 0.258. The molecule has 0 radical (unpaired) electrons. The summed E-state index contributed by atoms with van der Waals surface area (Å²) in [6.07, 6.45) is -2.36. The molecule has 0 saturated carbocycles. The van der Waals surface area contributed by atoms with Crippen LogP contribution in [0.5, 0.6) is 0 Å². The van der Waals surface area contributed by atoms with Crippen LogP contribution in [0.25, 0.3) is 0 Å². The van der Waals surface area contributed by atoms with Gasteiger partial charge in [-0.2, -0.15) is 22.0 Å². The van der Waals surface area contributed by atoms with Gasteiger partial charge in [-0.15, -0.1) is 0 Å². The summed E-state index contributed by atoms with van der Waals surface area (Å²) >= 11 is 0. The molecule has 1 nitrogen and oxygen atoms in total. The van der Waals surface area contributed by atoms with Crippen LogP contribution in [0.2, 0.25) is 0 Å². The molecule has 0 aromatic heterocycles. The third-order valence-corrected chi connectivity index (χ3v) is 2.00. The van der Waals surface area contributed by atoms with Crippen LogP contribution in [-0.4, -0.2) is 25.7 Å². The maximum Gasteiger partial charge on any atom is 0.453 e. The van der Waals surface area contributed by atoms with Crippen molar-refractivity contribution in [2.75, 3.05) is 13.6 Å². The normalized spacial score (nSPS) is 13.6. The van der Waals surface area contributed by atoms with Crippen molar-refractivity contribution in [3.63, 3.8) is 0 Å². The lowest BCUT2D eigenvalue weighted by molar-refractivity contribution is -0.283. The van der Waals surface area contributed by atoms with E-state index in [0.717, 1.165) is 13.0 Å². The lowest BCUT2D eigenvalue weighted by Gasteiger charge is -2.18. The molecule has 0 aromatic carbocycles. The molecule has 0 aliphatic rings. The summed E-state index contributed by atoms with van der Waals surface area (Å²) < 4.78 is 60.0. The first-order valence-electron chi connectivity index (χ1n) is 5.05. The molecule has 0 unspecified atom stereocenters. The molecule has 0 bridgehead atoms. The van der Waals surface area contributed by atoms with Gasteiger partial charge >= 0.3 is 12.1 Å². The van der Waals surface area contributed by atoms with Crippen LogP contribution >= 0.6 is 0 Å². The average molecular weight is 245 g/mol. The third-order valence-electron chi connectivity index (χ3n) is 2.00. The second-order valence-electron chi connectivity index (χ2n) is 3.46. The van der Waals surface area contributed by atoms with Crippen molar-refractivity contribution in [2.24, 2.45) is 0 Å². The largest absolute Gasteiger partial charge is 0.453 e. The van der Waals surface area contributed by atoms with Crippen LogP contribution in [0.1, 0.15) is 25.7 Å². The van der Waals surface area contributed by atoms with E-state index in [1.54, 1.807) is 13.1 Å². The van der Waals surface area contributed by atoms with Crippen LogP contribution in [-0.2, 0) is 0 Å². The predicted molar refractivity (Wildman–Crippen MR) is 52.5 cm³/mol. The Morgan fingerprint density at radius 3 is 2.06 bits per heavy atom. The Kier molecular flexibility index (Phi) is 6.55. The van der Waals surface area contributed by atoms with Crippen molar-refractivity contribution >= 4 is 0 Å². The molecule has 0 aliphatic carbocycles. The molecule has 0 spiro atoms. The predicted octanol–water partition coefficient (Wildman–Crippen LogP) is 3.52. The Balaban J connectivity index is 3.73. The molecular weight excluding hydrogens is 229 g/mol. The van der Waals surface area contributed by atoms with Crippen molar-refractivity contribution in [3.05, 3.63) is 12.2 Å². The van der Waals surface area contributed by atoms with Gasteiger partial charge in [-0.3, -0.25) is 0 Å². The molecular formula is C10H16F5N. The Bertz CT molecular complexity index is 210. The van der Waals surface area contributed by atoms with Gasteiger partial charge in [0.1, 0.15) is 0 Å². The van der Waals surface area contributed by atoms with E-state index in [2.05, 4.69) is 5.32 Å². The summed E-state index contributed by atoms with van der Waals surface area (Å²) in [5, 5.41) is 2.90. The zero-order chi connectivity index (χ0) is 12.7. The van der Waals surface area contributed by atoms with E-state index in [4.69, 9.17) is 0 Å². The lowest BCUT2D eigenvalue weighted by Crippen LogP contribution is -2.35. The van der Waals surface area contributed by atoms with Crippen LogP contribution in [0, 0.1) is 0 Å². The van der Waals surface area contributed by atoms with Crippen LogP contribution in [0.15, 0.2) is 12.2 Å². The first-order chi connectivity index (χ1) is 7.31. The Hall–Kier alpha value is -0.650. The van der Waals surface area contributed by atoms with Gasteiger partial charge in [-0.25, -0.2) is 0 Å². The maximum atomic E-state index is 12.4. The SMILES string of the molecule is CNCCC/C=C\CCC(F)(F)C(F)(F)F. The van der Waals surface area contributed by atoms with Gasteiger partial charge in [-0.1, -0.05) is 12.2 Å². The van der Waals surface area contributed by atoms with Crippen molar-refractivity contribution < 1.29 is 22.0 Å². The van der Waals surface area contributed by atoms with E-state index in [-0.39, 0.29) is 6.42 Å². The summed E-state index contributed by atoms with van der Waals surface area (Å²) in [7, 11) is 1.79. The van der Waals surface area contributed by atoms with Gasteiger partial charge in [0.05, 0.1) is 0 Å². The van der Waals surface area contributed by atoms with Crippen molar-refractivity contribution in [1.82, 2.24) is 5.32 Å². The second-order valence-corrected chi connectivity index (χ2v) is 3.46. The van der Waals surface area contributed by atoms with Crippen molar-refractivity contribution in [2.45, 2.75) is 37.8 Å². The summed E-state index contributed by atoms with van der Waals surface area (Å²) in [5.74, 6) is -4.58. The number of rotatable bonds is 7. The molecule has 96 valence electrons. The number of halogens is 5. The number of unbranched alkanes of at least 4 members (excludes halogenated alkanes) is 1.